The molecule has 8 heteroatoms. The van der Waals surface area contributed by atoms with Crippen LogP contribution >= 0.6 is 11.3 Å². The molecule has 0 saturated carbocycles. The van der Waals surface area contributed by atoms with E-state index in [1.54, 1.807) is 17.5 Å². The lowest BCUT2D eigenvalue weighted by molar-refractivity contribution is 0.234. The first-order chi connectivity index (χ1) is 11.2. The Morgan fingerprint density at radius 3 is 3.17 bits per heavy atom. The summed E-state index contributed by atoms with van der Waals surface area (Å²) >= 11 is 1.54. The highest BCUT2D eigenvalue weighted by molar-refractivity contribution is 7.09. The lowest BCUT2D eigenvalue weighted by Crippen LogP contribution is -2.38. The Balaban J connectivity index is 1.59. The van der Waals surface area contributed by atoms with E-state index in [9.17, 15) is 4.79 Å². The van der Waals surface area contributed by atoms with Crippen molar-refractivity contribution in [3.63, 3.8) is 0 Å². The van der Waals surface area contributed by atoms with Crippen molar-refractivity contribution in [2.45, 2.75) is 45.3 Å². The summed E-state index contributed by atoms with van der Waals surface area (Å²) < 4.78 is 1.83. The van der Waals surface area contributed by atoms with E-state index in [0.717, 1.165) is 41.2 Å². The van der Waals surface area contributed by atoms with Crippen molar-refractivity contribution in [2.75, 3.05) is 6.61 Å². The number of aliphatic hydroxyl groups excluding tert-OH is 1. The second kappa shape index (κ2) is 7.10. The normalized spacial score (nSPS) is 16.9. The van der Waals surface area contributed by atoms with Crippen molar-refractivity contribution in [1.82, 2.24) is 25.4 Å². The SMILES string of the molecule is Cc1csc(CNC(=O)N[C@H]2CCCc3c2cnn3CCO)n1. The zero-order valence-corrected chi connectivity index (χ0v) is 13.9. The van der Waals surface area contributed by atoms with E-state index in [1.165, 1.54) is 0 Å². The zero-order chi connectivity index (χ0) is 16.2. The van der Waals surface area contributed by atoms with Crippen LogP contribution in [-0.2, 0) is 19.5 Å². The van der Waals surface area contributed by atoms with Crippen molar-refractivity contribution in [3.8, 4) is 0 Å². The topological polar surface area (TPSA) is 92.1 Å². The van der Waals surface area contributed by atoms with Gasteiger partial charge in [-0.1, -0.05) is 0 Å². The number of aryl methyl sites for hydroxylation is 1. The first-order valence-electron chi connectivity index (χ1n) is 7.78. The molecule has 0 saturated heterocycles. The number of rotatable bonds is 5. The minimum absolute atomic E-state index is 0.0239. The number of carbonyl (C=O) groups is 1. The molecule has 124 valence electrons. The van der Waals surface area contributed by atoms with Crippen LogP contribution in [0.4, 0.5) is 4.79 Å². The van der Waals surface area contributed by atoms with Crippen molar-refractivity contribution in [2.24, 2.45) is 0 Å². The molecule has 2 aromatic heterocycles. The Bertz CT molecular complexity index is 681. The fraction of sp³-hybridized carbons (Fsp3) is 0.533. The highest BCUT2D eigenvalue weighted by atomic mass is 32.1. The fourth-order valence-corrected chi connectivity index (χ4v) is 3.62. The molecule has 0 bridgehead atoms. The summed E-state index contributed by atoms with van der Waals surface area (Å²) in [5.74, 6) is 0. The van der Waals surface area contributed by atoms with E-state index in [4.69, 9.17) is 5.11 Å². The van der Waals surface area contributed by atoms with Gasteiger partial charge in [0.25, 0.3) is 0 Å². The van der Waals surface area contributed by atoms with Crippen LogP contribution in [-0.4, -0.2) is 32.5 Å². The van der Waals surface area contributed by atoms with Gasteiger partial charge >= 0.3 is 6.03 Å². The maximum absolute atomic E-state index is 12.1. The van der Waals surface area contributed by atoms with E-state index in [2.05, 4.69) is 20.7 Å². The number of aromatic nitrogens is 3. The molecule has 0 aromatic carbocycles. The largest absolute Gasteiger partial charge is 0.394 e. The monoisotopic (exact) mass is 335 g/mol. The van der Waals surface area contributed by atoms with E-state index >= 15 is 0 Å². The summed E-state index contributed by atoms with van der Waals surface area (Å²) in [4.78, 5) is 16.4. The van der Waals surface area contributed by atoms with Crippen LogP contribution in [0.5, 0.6) is 0 Å². The first-order valence-corrected chi connectivity index (χ1v) is 8.66. The quantitative estimate of drug-likeness (QED) is 0.772. The summed E-state index contributed by atoms with van der Waals surface area (Å²) in [6.45, 7) is 2.94. The number of nitrogens with zero attached hydrogens (tertiary/aromatic N) is 3. The third kappa shape index (κ3) is 3.70. The first kappa shape index (κ1) is 15.9. The number of fused-ring (bicyclic) bond motifs is 1. The van der Waals surface area contributed by atoms with Crippen LogP contribution in [0, 0.1) is 6.92 Å². The average Bonchev–Trinajstić information content (AvgIpc) is 3.13. The molecule has 1 aliphatic carbocycles. The second-order valence-electron chi connectivity index (χ2n) is 5.65. The molecule has 0 spiro atoms. The Labute approximate surface area is 138 Å². The van der Waals surface area contributed by atoms with Crippen LogP contribution in [0.25, 0.3) is 0 Å². The average molecular weight is 335 g/mol. The van der Waals surface area contributed by atoms with Crippen molar-refractivity contribution in [3.05, 3.63) is 33.5 Å². The van der Waals surface area contributed by atoms with Gasteiger partial charge in [-0.15, -0.1) is 11.3 Å². The van der Waals surface area contributed by atoms with Gasteiger partial charge in [-0.2, -0.15) is 5.10 Å². The third-order valence-corrected chi connectivity index (χ3v) is 4.91. The van der Waals surface area contributed by atoms with E-state index < -0.39 is 0 Å². The third-order valence-electron chi connectivity index (χ3n) is 3.95. The predicted octanol–water partition coefficient (Wildman–Crippen LogP) is 1.52. The lowest BCUT2D eigenvalue weighted by atomic mass is 9.93. The highest BCUT2D eigenvalue weighted by Gasteiger charge is 2.25. The number of nitrogens with one attached hydrogen (secondary N) is 2. The smallest absolute Gasteiger partial charge is 0.315 e. The van der Waals surface area contributed by atoms with Crippen LogP contribution < -0.4 is 10.6 Å². The molecule has 23 heavy (non-hydrogen) atoms. The summed E-state index contributed by atoms with van der Waals surface area (Å²) in [5, 5.41) is 22.1. The van der Waals surface area contributed by atoms with Gasteiger partial charge in [-0.25, -0.2) is 9.78 Å². The number of aliphatic hydroxyl groups is 1. The molecule has 0 fully saturated rings. The maximum atomic E-state index is 12.1. The van der Waals surface area contributed by atoms with E-state index in [0.29, 0.717) is 13.1 Å². The molecule has 2 aromatic rings. The standard InChI is InChI=1S/C15H21N5O2S/c1-10-9-23-14(18-10)8-16-15(22)19-12-3-2-4-13-11(12)7-17-20(13)5-6-21/h7,9,12,21H,2-6,8H2,1H3,(H2,16,19,22)/t12-/m0/s1. The molecule has 0 radical (unpaired) electrons. The molecule has 0 unspecified atom stereocenters. The van der Waals surface area contributed by atoms with Gasteiger partial charge < -0.3 is 15.7 Å². The van der Waals surface area contributed by atoms with Gasteiger partial charge in [0.15, 0.2) is 0 Å². The van der Waals surface area contributed by atoms with Gasteiger partial charge in [-0.05, 0) is 26.2 Å². The van der Waals surface area contributed by atoms with E-state index in [-0.39, 0.29) is 18.7 Å². The minimum Gasteiger partial charge on any atom is -0.394 e. The molecule has 7 nitrogen and oxygen atoms in total. The van der Waals surface area contributed by atoms with Gasteiger partial charge in [0.2, 0.25) is 0 Å². The number of amides is 2. The number of thiazole rings is 1. The molecule has 2 amide bonds. The molecular weight excluding hydrogens is 314 g/mol. The van der Waals surface area contributed by atoms with Crippen molar-refractivity contribution >= 4 is 17.4 Å². The number of carbonyl (C=O) groups excluding carboxylic acids is 1. The van der Waals surface area contributed by atoms with Crippen LogP contribution in [0.3, 0.4) is 0 Å². The highest BCUT2D eigenvalue weighted by Crippen LogP contribution is 2.29. The van der Waals surface area contributed by atoms with Crippen molar-refractivity contribution in [1.29, 1.82) is 0 Å². The van der Waals surface area contributed by atoms with Gasteiger partial charge in [-0.3, -0.25) is 4.68 Å². The Hall–Kier alpha value is -1.93. The molecule has 3 rings (SSSR count). The molecular formula is C15H21N5O2S. The summed E-state index contributed by atoms with van der Waals surface area (Å²) in [6, 6.07) is -0.213. The Kier molecular flexibility index (Phi) is 4.92. The molecule has 0 aliphatic heterocycles. The fourth-order valence-electron chi connectivity index (χ4n) is 2.91. The van der Waals surface area contributed by atoms with Crippen LogP contribution in [0.15, 0.2) is 11.6 Å². The van der Waals surface area contributed by atoms with Gasteiger partial charge in [0.05, 0.1) is 31.9 Å². The van der Waals surface area contributed by atoms with Gasteiger partial charge in [0.1, 0.15) is 5.01 Å². The Morgan fingerprint density at radius 2 is 2.43 bits per heavy atom. The van der Waals surface area contributed by atoms with E-state index in [1.807, 2.05) is 17.0 Å². The summed E-state index contributed by atoms with van der Waals surface area (Å²) in [6.07, 6.45) is 4.65. The molecule has 3 N–H and O–H groups in total. The Morgan fingerprint density at radius 1 is 1.57 bits per heavy atom. The second-order valence-corrected chi connectivity index (χ2v) is 6.59. The van der Waals surface area contributed by atoms with Crippen LogP contribution in [0.1, 0.15) is 40.8 Å². The number of urea groups is 1. The molecule has 1 atom stereocenters. The maximum Gasteiger partial charge on any atom is 0.315 e. The van der Waals surface area contributed by atoms with Gasteiger partial charge in [0, 0.05) is 22.3 Å². The molecule has 1 aliphatic rings. The molecule has 2 heterocycles. The van der Waals surface area contributed by atoms with Crippen LogP contribution in [0.2, 0.25) is 0 Å². The number of hydrogen-bond acceptors (Lipinski definition) is 5. The van der Waals surface area contributed by atoms with Crippen molar-refractivity contribution < 1.29 is 9.90 Å². The zero-order valence-electron chi connectivity index (χ0n) is 13.1. The summed E-state index contributed by atoms with van der Waals surface area (Å²) in [5.41, 5.74) is 3.15. The minimum atomic E-state index is -0.189. The number of hydrogen-bond donors (Lipinski definition) is 3. The predicted molar refractivity (Wildman–Crippen MR) is 87.2 cm³/mol. The summed E-state index contributed by atoms with van der Waals surface area (Å²) in [7, 11) is 0. The lowest BCUT2D eigenvalue weighted by Gasteiger charge is -2.24.